The number of para-hydroxylation sites is 1. The maximum atomic E-state index is 13.3. The third kappa shape index (κ3) is 4.29. The molecule has 1 aliphatic heterocycles. The zero-order chi connectivity index (χ0) is 22.1. The van der Waals surface area contributed by atoms with Gasteiger partial charge in [0.1, 0.15) is 5.76 Å². The van der Waals surface area contributed by atoms with Gasteiger partial charge in [-0.25, -0.2) is 4.79 Å². The van der Waals surface area contributed by atoms with Crippen molar-refractivity contribution in [2.75, 3.05) is 11.9 Å². The Kier molecular flexibility index (Phi) is 5.73. The molecule has 2 aromatic heterocycles. The molecule has 0 bridgehead atoms. The highest BCUT2D eigenvalue weighted by molar-refractivity contribution is 6.06. The van der Waals surface area contributed by atoms with Crippen LogP contribution in [-0.4, -0.2) is 45.6 Å². The maximum absolute atomic E-state index is 13.3. The van der Waals surface area contributed by atoms with Gasteiger partial charge in [0, 0.05) is 48.3 Å². The van der Waals surface area contributed by atoms with Crippen LogP contribution in [0, 0.1) is 6.92 Å². The number of nitrogens with one attached hydrogen (secondary N) is 1. The van der Waals surface area contributed by atoms with Gasteiger partial charge >= 0.3 is 5.97 Å². The van der Waals surface area contributed by atoms with E-state index in [1.165, 1.54) is 6.92 Å². The molecule has 162 valence electrons. The number of ether oxygens (including phenoxy) is 1. The van der Waals surface area contributed by atoms with Gasteiger partial charge in [-0.15, -0.1) is 0 Å². The number of aryl methyl sites for hydroxylation is 1. The monoisotopic (exact) mass is 422 g/mol. The summed E-state index contributed by atoms with van der Waals surface area (Å²) in [5.74, 6) is -0.147. The number of carbonyl (C=O) groups excluding carboxylic acids is 2. The smallest absolute Gasteiger partial charge is 0.339 e. The molecule has 8 heteroatoms. The Morgan fingerprint density at radius 3 is 2.71 bits per heavy atom. The second-order valence-corrected chi connectivity index (χ2v) is 8.10. The second kappa shape index (κ2) is 8.47. The van der Waals surface area contributed by atoms with Crippen molar-refractivity contribution < 1.29 is 18.8 Å². The minimum Gasteiger partial charge on any atom is -0.449 e. The molecule has 31 heavy (non-hydrogen) atoms. The van der Waals surface area contributed by atoms with Crippen LogP contribution in [0.5, 0.6) is 0 Å². The molecule has 3 aromatic rings. The number of carbonyl (C=O) groups is 2. The highest BCUT2D eigenvalue weighted by Gasteiger charge is 2.29. The molecule has 4 rings (SSSR count). The number of esters is 1. The van der Waals surface area contributed by atoms with Crippen LogP contribution in [0.4, 0.5) is 5.82 Å². The molecular weight excluding hydrogens is 396 g/mol. The zero-order valence-corrected chi connectivity index (χ0v) is 18.1. The summed E-state index contributed by atoms with van der Waals surface area (Å²) in [6.45, 7) is 9.04. The molecule has 0 aliphatic carbocycles. The Balaban J connectivity index is 1.63. The fraction of sp³-hybridized carbons (Fsp3) is 0.391. The Morgan fingerprint density at radius 2 is 2.00 bits per heavy atom. The van der Waals surface area contributed by atoms with Crippen LogP contribution in [0.3, 0.4) is 0 Å². The molecule has 1 atom stereocenters. The molecule has 0 fully saturated rings. The van der Waals surface area contributed by atoms with Crippen molar-refractivity contribution in [3.05, 3.63) is 52.9 Å². The summed E-state index contributed by atoms with van der Waals surface area (Å²) in [6, 6.07) is 9.48. The van der Waals surface area contributed by atoms with Crippen LogP contribution >= 0.6 is 0 Å². The fourth-order valence-electron chi connectivity index (χ4n) is 3.81. The van der Waals surface area contributed by atoms with Gasteiger partial charge in [0.2, 0.25) is 0 Å². The molecule has 1 N–H and O–H groups in total. The molecular formula is C23H26N4O4. The van der Waals surface area contributed by atoms with Crippen LogP contribution in [0.25, 0.3) is 10.9 Å². The van der Waals surface area contributed by atoms with Gasteiger partial charge in [0.05, 0.1) is 11.1 Å². The predicted octanol–water partition coefficient (Wildman–Crippen LogP) is 3.48. The van der Waals surface area contributed by atoms with Crippen molar-refractivity contribution in [1.29, 1.82) is 0 Å². The van der Waals surface area contributed by atoms with Crippen LogP contribution in [0.2, 0.25) is 0 Å². The Morgan fingerprint density at radius 1 is 1.23 bits per heavy atom. The minimum absolute atomic E-state index is 0.282. The van der Waals surface area contributed by atoms with E-state index in [0.29, 0.717) is 23.9 Å². The molecule has 0 spiro atoms. The molecule has 3 heterocycles. The van der Waals surface area contributed by atoms with E-state index in [2.05, 4.69) is 29.2 Å². The average Bonchev–Trinajstić information content (AvgIpc) is 3.15. The van der Waals surface area contributed by atoms with E-state index in [1.54, 1.807) is 13.0 Å². The molecule has 1 aromatic carbocycles. The lowest BCUT2D eigenvalue weighted by atomic mass is 9.95. The number of hydrogen-bond acceptors (Lipinski definition) is 7. The molecule has 8 nitrogen and oxygen atoms in total. The normalized spacial score (nSPS) is 15.0. The number of rotatable bonds is 5. The van der Waals surface area contributed by atoms with Gasteiger partial charge in [-0.1, -0.05) is 23.4 Å². The van der Waals surface area contributed by atoms with Crippen LogP contribution in [-0.2, 0) is 22.5 Å². The first-order valence-corrected chi connectivity index (χ1v) is 10.4. The summed E-state index contributed by atoms with van der Waals surface area (Å²) in [6.07, 6.45) is -0.239. The number of benzene rings is 1. The SMILES string of the molecule is Cc1cc(NC(=O)C(C)OC(=O)c2c3c(nc4ccccc24)CCN(C(C)C)C3)no1. The van der Waals surface area contributed by atoms with Crippen LogP contribution < -0.4 is 5.32 Å². The number of pyridine rings is 1. The number of fused-ring (bicyclic) bond motifs is 2. The molecule has 1 amide bonds. The van der Waals surface area contributed by atoms with E-state index >= 15 is 0 Å². The van der Waals surface area contributed by atoms with E-state index in [9.17, 15) is 9.59 Å². The van der Waals surface area contributed by atoms with Crippen molar-refractivity contribution in [2.24, 2.45) is 0 Å². The number of hydrogen-bond donors (Lipinski definition) is 1. The van der Waals surface area contributed by atoms with Crippen molar-refractivity contribution in [2.45, 2.75) is 52.8 Å². The lowest BCUT2D eigenvalue weighted by molar-refractivity contribution is -0.123. The topological polar surface area (TPSA) is 97.6 Å². The summed E-state index contributed by atoms with van der Waals surface area (Å²) in [4.78, 5) is 32.9. The summed E-state index contributed by atoms with van der Waals surface area (Å²) in [5.41, 5.74) is 3.03. The Labute approximate surface area is 180 Å². The largest absolute Gasteiger partial charge is 0.449 e. The van der Waals surface area contributed by atoms with Crippen LogP contribution in [0.1, 0.15) is 48.1 Å². The van der Waals surface area contributed by atoms with Gasteiger partial charge in [0.15, 0.2) is 11.9 Å². The lowest BCUT2D eigenvalue weighted by Gasteiger charge is -2.32. The first-order valence-electron chi connectivity index (χ1n) is 10.4. The van der Waals surface area contributed by atoms with E-state index < -0.39 is 18.0 Å². The van der Waals surface area contributed by atoms with E-state index in [1.807, 2.05) is 24.3 Å². The summed E-state index contributed by atoms with van der Waals surface area (Å²) < 4.78 is 10.5. The highest BCUT2D eigenvalue weighted by Crippen LogP contribution is 2.29. The molecule has 1 aliphatic rings. The standard InChI is InChI=1S/C23H26N4O4/c1-13(2)27-10-9-19-17(12-27)21(16-7-5-6-8-18(16)24-19)23(29)30-15(4)22(28)25-20-11-14(3)31-26-20/h5-8,11,13,15H,9-10,12H2,1-4H3,(H,25,26,28). The van der Waals surface area contributed by atoms with E-state index in [0.717, 1.165) is 35.1 Å². The van der Waals surface area contributed by atoms with Crippen LogP contribution in [0.15, 0.2) is 34.9 Å². The summed E-state index contributed by atoms with van der Waals surface area (Å²) in [5, 5.41) is 7.07. The molecule has 0 radical (unpaired) electrons. The number of anilines is 1. The van der Waals surface area contributed by atoms with Crippen molar-refractivity contribution in [3.8, 4) is 0 Å². The molecule has 1 unspecified atom stereocenters. The van der Waals surface area contributed by atoms with Gasteiger partial charge in [-0.2, -0.15) is 0 Å². The molecule has 0 saturated heterocycles. The first kappa shape index (κ1) is 21.0. The highest BCUT2D eigenvalue weighted by atomic mass is 16.5. The summed E-state index contributed by atoms with van der Waals surface area (Å²) >= 11 is 0. The third-order valence-corrected chi connectivity index (χ3v) is 5.54. The first-order chi connectivity index (χ1) is 14.8. The van der Waals surface area contributed by atoms with Crippen molar-refractivity contribution in [1.82, 2.24) is 15.0 Å². The van der Waals surface area contributed by atoms with E-state index in [4.69, 9.17) is 14.2 Å². The van der Waals surface area contributed by atoms with Crippen molar-refractivity contribution in [3.63, 3.8) is 0 Å². The van der Waals surface area contributed by atoms with Crippen molar-refractivity contribution >= 4 is 28.6 Å². The fourth-order valence-corrected chi connectivity index (χ4v) is 3.81. The van der Waals surface area contributed by atoms with Gasteiger partial charge in [-0.3, -0.25) is 14.7 Å². The van der Waals surface area contributed by atoms with E-state index in [-0.39, 0.29) is 5.82 Å². The third-order valence-electron chi connectivity index (χ3n) is 5.54. The van der Waals surface area contributed by atoms with Gasteiger partial charge in [0.25, 0.3) is 5.91 Å². The summed E-state index contributed by atoms with van der Waals surface area (Å²) in [7, 11) is 0. The second-order valence-electron chi connectivity index (χ2n) is 8.10. The maximum Gasteiger partial charge on any atom is 0.339 e. The van der Waals surface area contributed by atoms with Gasteiger partial charge < -0.3 is 14.6 Å². The zero-order valence-electron chi connectivity index (χ0n) is 18.1. The predicted molar refractivity (Wildman–Crippen MR) is 116 cm³/mol. The molecule has 0 saturated carbocycles. The quantitative estimate of drug-likeness (QED) is 0.629. The van der Waals surface area contributed by atoms with Gasteiger partial charge in [-0.05, 0) is 33.8 Å². The lowest BCUT2D eigenvalue weighted by Crippen LogP contribution is -2.37. The Hall–Kier alpha value is -3.26. The Bertz CT molecular complexity index is 1140. The number of amides is 1. The average molecular weight is 422 g/mol. The number of aromatic nitrogens is 2. The number of nitrogens with zero attached hydrogens (tertiary/aromatic N) is 3. The minimum atomic E-state index is -1.00.